The highest BCUT2D eigenvalue weighted by atomic mass is 16.3. The van der Waals surface area contributed by atoms with Gasteiger partial charge in [0, 0.05) is 18.0 Å². The number of nitrogens with two attached hydrogens (primary N) is 1. The van der Waals surface area contributed by atoms with Crippen LogP contribution in [0.2, 0.25) is 0 Å². The van der Waals surface area contributed by atoms with Gasteiger partial charge in [0.1, 0.15) is 5.58 Å². The molecule has 0 bridgehead atoms. The monoisotopic (exact) mass is 241 g/mol. The molecule has 0 spiro atoms. The van der Waals surface area contributed by atoms with Crippen LogP contribution in [0.15, 0.2) is 41.1 Å². The predicted octanol–water partition coefficient (Wildman–Crippen LogP) is 2.52. The van der Waals surface area contributed by atoms with Gasteiger partial charge in [-0.25, -0.2) is 0 Å². The summed E-state index contributed by atoms with van der Waals surface area (Å²) in [7, 11) is 1.91. The molecule has 1 atom stereocenters. The van der Waals surface area contributed by atoms with Crippen molar-refractivity contribution in [2.75, 3.05) is 0 Å². The summed E-state index contributed by atoms with van der Waals surface area (Å²) in [5.74, 6) is 0. The van der Waals surface area contributed by atoms with Gasteiger partial charge >= 0.3 is 0 Å². The highest BCUT2D eigenvalue weighted by Crippen LogP contribution is 2.29. The Kier molecular flexibility index (Phi) is 2.45. The van der Waals surface area contributed by atoms with Crippen molar-refractivity contribution in [1.29, 1.82) is 0 Å². The standard InChI is InChI=1S/C14H15N3O/c1-9-7-16-17(2)14(9)13(15)11-8-18-12-6-4-3-5-10(11)12/h3-8,13H,15H2,1-2H3. The Bertz CT molecular complexity index is 676. The summed E-state index contributed by atoms with van der Waals surface area (Å²) >= 11 is 0. The van der Waals surface area contributed by atoms with Gasteiger partial charge in [-0.2, -0.15) is 5.10 Å². The molecular formula is C14H15N3O. The maximum atomic E-state index is 6.35. The molecular weight excluding hydrogens is 226 g/mol. The van der Waals surface area contributed by atoms with Gasteiger partial charge in [-0.15, -0.1) is 0 Å². The van der Waals surface area contributed by atoms with Gasteiger partial charge in [0.15, 0.2) is 0 Å². The van der Waals surface area contributed by atoms with Crippen molar-refractivity contribution < 1.29 is 4.42 Å². The van der Waals surface area contributed by atoms with Crippen molar-refractivity contribution in [3.8, 4) is 0 Å². The molecule has 0 saturated heterocycles. The lowest BCUT2D eigenvalue weighted by Gasteiger charge is -2.12. The van der Waals surface area contributed by atoms with Gasteiger partial charge < -0.3 is 10.2 Å². The molecule has 3 rings (SSSR count). The van der Waals surface area contributed by atoms with Gasteiger partial charge in [0.2, 0.25) is 0 Å². The summed E-state index contributed by atoms with van der Waals surface area (Å²) in [5, 5.41) is 5.29. The van der Waals surface area contributed by atoms with Crippen LogP contribution in [0.4, 0.5) is 0 Å². The first-order chi connectivity index (χ1) is 8.68. The van der Waals surface area contributed by atoms with Gasteiger partial charge in [-0.1, -0.05) is 18.2 Å². The van der Waals surface area contributed by atoms with E-state index in [-0.39, 0.29) is 6.04 Å². The van der Waals surface area contributed by atoms with Crippen LogP contribution < -0.4 is 5.73 Å². The molecule has 92 valence electrons. The fourth-order valence-electron chi connectivity index (χ4n) is 2.39. The highest BCUT2D eigenvalue weighted by Gasteiger charge is 2.19. The van der Waals surface area contributed by atoms with Crippen LogP contribution in [0, 0.1) is 6.92 Å². The van der Waals surface area contributed by atoms with Crippen LogP contribution in [-0.4, -0.2) is 9.78 Å². The lowest BCUT2D eigenvalue weighted by Crippen LogP contribution is -2.16. The van der Waals surface area contributed by atoms with E-state index in [1.165, 1.54) is 0 Å². The maximum absolute atomic E-state index is 6.35. The Morgan fingerprint density at radius 3 is 2.83 bits per heavy atom. The fraction of sp³-hybridized carbons (Fsp3) is 0.214. The Morgan fingerprint density at radius 2 is 2.11 bits per heavy atom. The Morgan fingerprint density at radius 1 is 1.33 bits per heavy atom. The van der Waals surface area contributed by atoms with Crippen LogP contribution in [0.1, 0.15) is 22.9 Å². The minimum absolute atomic E-state index is 0.221. The Labute approximate surface area is 105 Å². The van der Waals surface area contributed by atoms with Crippen LogP contribution in [0.5, 0.6) is 0 Å². The largest absolute Gasteiger partial charge is 0.464 e. The molecule has 1 unspecified atom stereocenters. The molecule has 0 aliphatic heterocycles. The number of hydrogen-bond donors (Lipinski definition) is 1. The van der Waals surface area contributed by atoms with E-state index in [2.05, 4.69) is 5.10 Å². The van der Waals surface area contributed by atoms with Gasteiger partial charge in [-0.3, -0.25) is 4.68 Å². The number of furan rings is 1. The molecule has 1 aromatic carbocycles. The normalized spacial score (nSPS) is 13.1. The molecule has 2 aromatic heterocycles. The molecule has 0 amide bonds. The Hall–Kier alpha value is -2.07. The molecule has 0 aliphatic carbocycles. The van der Waals surface area contributed by atoms with Crippen molar-refractivity contribution in [3.63, 3.8) is 0 Å². The first kappa shape index (κ1) is 11.0. The second kappa shape index (κ2) is 3.99. The minimum Gasteiger partial charge on any atom is -0.464 e. The summed E-state index contributed by atoms with van der Waals surface area (Å²) < 4.78 is 7.36. The summed E-state index contributed by atoms with van der Waals surface area (Å²) in [4.78, 5) is 0. The van der Waals surface area contributed by atoms with Gasteiger partial charge in [0.05, 0.1) is 24.2 Å². The maximum Gasteiger partial charge on any atom is 0.134 e. The first-order valence-corrected chi connectivity index (χ1v) is 5.88. The van der Waals surface area contributed by atoms with Gasteiger partial charge in [0.25, 0.3) is 0 Å². The first-order valence-electron chi connectivity index (χ1n) is 5.88. The van der Waals surface area contributed by atoms with E-state index >= 15 is 0 Å². The third-order valence-corrected chi connectivity index (χ3v) is 3.32. The lowest BCUT2D eigenvalue weighted by atomic mass is 10.0. The number of rotatable bonds is 2. The molecule has 0 aliphatic rings. The molecule has 18 heavy (non-hydrogen) atoms. The second-order valence-corrected chi connectivity index (χ2v) is 4.50. The van der Waals surface area contributed by atoms with E-state index in [0.29, 0.717) is 0 Å². The quantitative estimate of drug-likeness (QED) is 0.750. The third-order valence-electron chi connectivity index (χ3n) is 3.32. The zero-order valence-corrected chi connectivity index (χ0v) is 10.4. The van der Waals surface area contributed by atoms with Crippen molar-refractivity contribution in [2.45, 2.75) is 13.0 Å². The number of fused-ring (bicyclic) bond motifs is 1. The van der Waals surface area contributed by atoms with Crippen molar-refractivity contribution in [3.05, 3.63) is 53.5 Å². The zero-order chi connectivity index (χ0) is 12.7. The number of hydrogen-bond acceptors (Lipinski definition) is 3. The van der Waals surface area contributed by atoms with Crippen molar-refractivity contribution >= 4 is 11.0 Å². The molecule has 0 saturated carbocycles. The second-order valence-electron chi connectivity index (χ2n) is 4.50. The molecule has 0 fully saturated rings. The van der Waals surface area contributed by atoms with Crippen LogP contribution >= 0.6 is 0 Å². The summed E-state index contributed by atoms with van der Waals surface area (Å²) in [6.45, 7) is 2.02. The van der Waals surface area contributed by atoms with E-state index < -0.39 is 0 Å². The van der Waals surface area contributed by atoms with Crippen LogP contribution in [0.3, 0.4) is 0 Å². The third kappa shape index (κ3) is 1.54. The number of nitrogens with zero attached hydrogens (tertiary/aromatic N) is 2. The molecule has 4 nitrogen and oxygen atoms in total. The van der Waals surface area contributed by atoms with E-state index in [1.54, 1.807) is 6.26 Å². The smallest absolute Gasteiger partial charge is 0.134 e. The summed E-state index contributed by atoms with van der Waals surface area (Å²) in [6, 6.07) is 7.70. The van der Waals surface area contributed by atoms with E-state index in [9.17, 15) is 0 Å². The van der Waals surface area contributed by atoms with E-state index in [1.807, 2.05) is 49.1 Å². The molecule has 0 radical (unpaired) electrons. The molecule has 2 N–H and O–H groups in total. The van der Waals surface area contributed by atoms with E-state index in [0.717, 1.165) is 27.8 Å². The number of aryl methyl sites for hydroxylation is 2. The van der Waals surface area contributed by atoms with Crippen LogP contribution in [0.25, 0.3) is 11.0 Å². The molecule has 4 heteroatoms. The molecule has 2 heterocycles. The van der Waals surface area contributed by atoms with Crippen molar-refractivity contribution in [2.24, 2.45) is 12.8 Å². The lowest BCUT2D eigenvalue weighted by molar-refractivity contribution is 0.601. The highest BCUT2D eigenvalue weighted by molar-refractivity contribution is 5.81. The van der Waals surface area contributed by atoms with Crippen LogP contribution in [-0.2, 0) is 7.05 Å². The minimum atomic E-state index is -0.221. The average Bonchev–Trinajstić information content (AvgIpc) is 2.93. The SMILES string of the molecule is Cc1cnn(C)c1C(N)c1coc2ccccc12. The number of para-hydroxylation sites is 1. The van der Waals surface area contributed by atoms with Crippen molar-refractivity contribution in [1.82, 2.24) is 9.78 Å². The fourth-order valence-corrected chi connectivity index (χ4v) is 2.39. The number of aromatic nitrogens is 2. The summed E-state index contributed by atoms with van der Waals surface area (Å²) in [5.41, 5.74) is 10.3. The van der Waals surface area contributed by atoms with E-state index in [4.69, 9.17) is 10.2 Å². The zero-order valence-electron chi connectivity index (χ0n) is 10.4. The average molecular weight is 241 g/mol. The summed E-state index contributed by atoms with van der Waals surface area (Å²) in [6.07, 6.45) is 3.57. The topological polar surface area (TPSA) is 57.0 Å². The Balaban J connectivity index is 2.15. The molecule has 3 aromatic rings. The van der Waals surface area contributed by atoms with Gasteiger partial charge in [-0.05, 0) is 18.6 Å². The predicted molar refractivity (Wildman–Crippen MR) is 70.2 cm³/mol. The number of benzene rings is 1.